The van der Waals surface area contributed by atoms with Gasteiger partial charge in [0.2, 0.25) is 0 Å². The van der Waals surface area contributed by atoms with E-state index < -0.39 is 10.2 Å². The molecule has 0 aliphatic rings. The molecule has 120 valence electrons. The van der Waals surface area contributed by atoms with Crippen molar-refractivity contribution in [2.75, 3.05) is 34.7 Å². The van der Waals surface area contributed by atoms with Crippen LogP contribution in [-0.4, -0.2) is 49.2 Å². The fourth-order valence-electron chi connectivity index (χ4n) is 1.45. The molecule has 1 aromatic carbocycles. The van der Waals surface area contributed by atoms with Gasteiger partial charge in [-0.15, -0.1) is 0 Å². The summed E-state index contributed by atoms with van der Waals surface area (Å²) >= 11 is 3.45. The average molecular weight is 384 g/mol. The lowest BCUT2D eigenvalue weighted by molar-refractivity contribution is -1.92. The number of rotatable bonds is 4. The van der Waals surface area contributed by atoms with Gasteiger partial charge < -0.3 is 9.80 Å². The zero-order valence-electron chi connectivity index (χ0n) is 12.4. The van der Waals surface area contributed by atoms with Crippen molar-refractivity contribution in [2.24, 2.45) is 0 Å². The van der Waals surface area contributed by atoms with Gasteiger partial charge in [0.15, 0.2) is 0 Å². The summed E-state index contributed by atoms with van der Waals surface area (Å²) in [5.41, 5.74) is 2.50. The van der Waals surface area contributed by atoms with Crippen LogP contribution >= 0.6 is 15.9 Å². The molecule has 1 N–H and O–H groups in total. The van der Waals surface area contributed by atoms with Gasteiger partial charge in [-0.1, -0.05) is 28.1 Å². The Morgan fingerprint density at radius 2 is 1.57 bits per heavy atom. The van der Waals surface area contributed by atoms with E-state index in [9.17, 15) is 0 Å². The number of nitrogens with zero attached hydrogens (tertiary/aromatic N) is 2. The normalized spacial score (nSPS) is 12.0. The summed E-state index contributed by atoms with van der Waals surface area (Å²) in [7, 11) is 3.60. The Hall–Kier alpha value is -0.670. The molecule has 0 aliphatic heterocycles. The molecule has 1 rings (SSSR count). The first-order valence-electron chi connectivity index (χ1n) is 5.92. The Kier molecular flexibility index (Phi) is 9.07. The highest BCUT2D eigenvalue weighted by atomic mass is 79.9. The van der Waals surface area contributed by atoms with E-state index >= 15 is 0 Å². The molecule has 21 heavy (non-hydrogen) atoms. The van der Waals surface area contributed by atoms with Crippen LogP contribution in [0.1, 0.15) is 5.56 Å². The largest absolute Gasteiger partial charge is 0.377 e. The minimum atomic E-state index is -4.69. The van der Waals surface area contributed by atoms with Gasteiger partial charge in [0.05, 0.1) is 14.9 Å². The van der Waals surface area contributed by atoms with Crippen LogP contribution in [0.5, 0.6) is 0 Å². The predicted octanol–water partition coefficient (Wildman–Crippen LogP) is -1.21. The number of benzene rings is 1. The minimum Gasteiger partial charge on any atom is -0.377 e. The highest BCUT2D eigenvalue weighted by Gasteiger charge is 2.03. The number of halogens is 2. The summed E-state index contributed by atoms with van der Waals surface area (Å²) in [6.07, 6.45) is 2.24. The van der Waals surface area contributed by atoms with Gasteiger partial charge in [0, 0.05) is 30.8 Å². The molecule has 0 bridgehead atoms. The van der Waals surface area contributed by atoms with E-state index in [1.54, 1.807) is 0 Å². The lowest BCUT2D eigenvalue weighted by atomic mass is 10.1. The molecule has 0 radical (unpaired) electrons. The summed E-state index contributed by atoms with van der Waals surface area (Å²) in [6, 6.07) is 8.40. The van der Waals surface area contributed by atoms with Gasteiger partial charge in [0.1, 0.15) is 0 Å². The zero-order chi connectivity index (χ0) is 16.6. The molecule has 0 saturated carbocycles. The topological polar surface area (TPSA) is 95.9 Å². The quantitative estimate of drug-likeness (QED) is 0.701. The lowest BCUT2D eigenvalue weighted by Gasteiger charge is -2.19. The number of likely N-dealkylation sites (N-methyl/N-ethyl adjacent to an activating group) is 1. The standard InChI is InChI=1S/C13H19BrN2.ClHO4/c1-15(2)10-9-13(16(3)4)11-5-7-12(14)8-6-11;2-1(3,4)5/h5-9H,10H2,1-4H3;(H,2,3,4,5). The second-order valence-corrected chi connectivity index (χ2v) is 6.36. The van der Waals surface area contributed by atoms with Crippen LogP contribution in [0, 0.1) is 10.2 Å². The first-order chi connectivity index (χ1) is 9.50. The molecule has 0 amide bonds. The molecule has 0 heterocycles. The van der Waals surface area contributed by atoms with Crippen LogP contribution in [0.25, 0.3) is 5.70 Å². The Bertz CT molecular complexity index is 438. The van der Waals surface area contributed by atoms with Crippen molar-refractivity contribution in [3.8, 4) is 0 Å². The Morgan fingerprint density at radius 3 is 1.90 bits per heavy atom. The summed E-state index contributed by atoms with van der Waals surface area (Å²) in [4.78, 5) is 4.30. The fraction of sp³-hybridized carbons (Fsp3) is 0.385. The summed E-state index contributed by atoms with van der Waals surface area (Å²) in [5.74, 6) is 0. The van der Waals surface area contributed by atoms with E-state index in [4.69, 9.17) is 18.6 Å². The SMILES string of the molecule is CN(C)CC=C(c1ccc(Br)cc1)N(C)C.[O-][Cl+3]([O-])([O-])O. The van der Waals surface area contributed by atoms with E-state index in [1.165, 1.54) is 11.3 Å². The third-order valence-electron chi connectivity index (χ3n) is 2.27. The van der Waals surface area contributed by atoms with Crippen molar-refractivity contribution in [1.82, 2.24) is 9.80 Å². The molecular weight excluding hydrogens is 364 g/mol. The molecule has 0 aromatic heterocycles. The second kappa shape index (κ2) is 9.37. The molecule has 0 spiro atoms. The summed E-state index contributed by atoms with van der Waals surface area (Å²) in [5, 5.41) is 0. The van der Waals surface area contributed by atoms with E-state index in [0.29, 0.717) is 0 Å². The van der Waals surface area contributed by atoms with Crippen molar-refractivity contribution in [3.05, 3.63) is 40.4 Å². The summed E-state index contributed by atoms with van der Waals surface area (Å²) < 4.78 is 33.8. The monoisotopic (exact) mass is 382 g/mol. The van der Waals surface area contributed by atoms with Crippen molar-refractivity contribution >= 4 is 21.6 Å². The smallest absolute Gasteiger partial charge is 0.0777 e. The predicted molar refractivity (Wildman–Crippen MR) is 76.6 cm³/mol. The Labute approximate surface area is 135 Å². The van der Waals surface area contributed by atoms with Gasteiger partial charge in [-0.25, -0.2) is 0 Å². The van der Waals surface area contributed by atoms with Gasteiger partial charge in [-0.2, -0.15) is 14.0 Å². The van der Waals surface area contributed by atoms with E-state index in [-0.39, 0.29) is 0 Å². The van der Waals surface area contributed by atoms with Gasteiger partial charge in [-0.3, -0.25) is 0 Å². The van der Waals surface area contributed by atoms with Gasteiger partial charge >= 0.3 is 0 Å². The summed E-state index contributed by atoms with van der Waals surface area (Å²) in [6.45, 7) is 0.948. The average Bonchev–Trinajstić information content (AvgIpc) is 2.28. The third-order valence-corrected chi connectivity index (χ3v) is 2.80. The van der Waals surface area contributed by atoms with E-state index in [2.05, 4.69) is 84.3 Å². The number of hydrogen-bond donors (Lipinski definition) is 1. The van der Waals surface area contributed by atoms with Gasteiger partial charge in [-0.05, 0) is 37.9 Å². The maximum absolute atomic E-state index is 8.60. The van der Waals surface area contributed by atoms with Crippen molar-refractivity contribution < 1.29 is 28.9 Å². The molecular formula is C13H20BrClN2O4. The first kappa shape index (κ1) is 20.3. The van der Waals surface area contributed by atoms with Crippen LogP contribution in [0.3, 0.4) is 0 Å². The van der Waals surface area contributed by atoms with E-state index in [0.717, 1.165) is 11.0 Å². The molecule has 6 nitrogen and oxygen atoms in total. The minimum absolute atomic E-state index is 0.948. The maximum Gasteiger partial charge on any atom is 0.0777 e. The Morgan fingerprint density at radius 1 is 1.14 bits per heavy atom. The van der Waals surface area contributed by atoms with Crippen LogP contribution in [0.4, 0.5) is 0 Å². The molecule has 0 saturated heterocycles. The van der Waals surface area contributed by atoms with Crippen molar-refractivity contribution in [3.63, 3.8) is 0 Å². The molecule has 8 heteroatoms. The maximum atomic E-state index is 8.60. The zero-order valence-corrected chi connectivity index (χ0v) is 14.8. The van der Waals surface area contributed by atoms with Crippen LogP contribution in [0.15, 0.2) is 34.8 Å². The van der Waals surface area contributed by atoms with Crippen molar-refractivity contribution in [2.45, 2.75) is 0 Å². The molecule has 0 fully saturated rings. The Balaban J connectivity index is 0.000000690. The number of hydrogen-bond acceptors (Lipinski definition) is 6. The second-order valence-electron chi connectivity index (χ2n) is 4.65. The first-order valence-corrected chi connectivity index (χ1v) is 7.97. The molecule has 0 aliphatic carbocycles. The highest BCUT2D eigenvalue weighted by Crippen LogP contribution is 2.19. The lowest BCUT2D eigenvalue weighted by Crippen LogP contribution is -2.58. The molecule has 0 unspecified atom stereocenters. The van der Waals surface area contributed by atoms with Crippen LogP contribution < -0.4 is 14.0 Å². The van der Waals surface area contributed by atoms with Crippen LogP contribution in [-0.2, 0) is 0 Å². The highest BCUT2D eigenvalue weighted by molar-refractivity contribution is 9.10. The fourth-order valence-corrected chi connectivity index (χ4v) is 1.71. The van der Waals surface area contributed by atoms with E-state index in [1.807, 2.05) is 0 Å². The van der Waals surface area contributed by atoms with Crippen molar-refractivity contribution in [1.29, 1.82) is 0 Å². The third kappa shape index (κ3) is 11.6. The molecule has 0 atom stereocenters. The molecule has 1 aromatic rings. The van der Waals surface area contributed by atoms with Crippen LogP contribution in [0.2, 0.25) is 0 Å². The van der Waals surface area contributed by atoms with Gasteiger partial charge in [0.25, 0.3) is 0 Å².